The van der Waals surface area contributed by atoms with E-state index < -0.39 is 9.84 Å². The predicted octanol–water partition coefficient (Wildman–Crippen LogP) is 1.39. The molecule has 3 rings (SSSR count). The Morgan fingerprint density at radius 1 is 1.33 bits per heavy atom. The monoisotopic (exact) mass is 326 g/mol. The molecular weight excluding hydrogens is 308 g/mol. The molecule has 2 heterocycles. The highest BCUT2D eigenvalue weighted by molar-refractivity contribution is 8.15. The maximum absolute atomic E-state index is 11.7. The fourth-order valence-corrected chi connectivity index (χ4v) is 6.73. The van der Waals surface area contributed by atoms with Gasteiger partial charge in [0.05, 0.1) is 24.7 Å². The number of hydrogen-bond acceptors (Lipinski definition) is 5. The zero-order valence-electron chi connectivity index (χ0n) is 11.8. The molecule has 0 unspecified atom stereocenters. The Labute approximate surface area is 129 Å². The summed E-state index contributed by atoms with van der Waals surface area (Å²) in [5.41, 5.74) is 1.16. The normalized spacial score (nSPS) is 26.9. The maximum atomic E-state index is 11.7. The lowest BCUT2D eigenvalue weighted by Crippen LogP contribution is -2.38. The van der Waals surface area contributed by atoms with Crippen LogP contribution >= 0.6 is 11.8 Å². The van der Waals surface area contributed by atoms with E-state index in [1.165, 1.54) is 11.8 Å². The van der Waals surface area contributed by atoms with Gasteiger partial charge in [-0.3, -0.25) is 5.41 Å². The largest absolute Gasteiger partial charge is 0.497 e. The number of ether oxygens (including phenoxy) is 1. The van der Waals surface area contributed by atoms with Crippen LogP contribution in [0, 0.1) is 5.41 Å². The molecule has 0 saturated carbocycles. The van der Waals surface area contributed by atoms with Crippen LogP contribution in [0.5, 0.6) is 5.75 Å². The van der Waals surface area contributed by atoms with Gasteiger partial charge in [-0.2, -0.15) is 0 Å². The zero-order valence-corrected chi connectivity index (χ0v) is 13.4. The molecule has 2 fully saturated rings. The molecule has 2 saturated heterocycles. The summed E-state index contributed by atoms with van der Waals surface area (Å²) in [6.45, 7) is 0.689. The average molecular weight is 326 g/mol. The van der Waals surface area contributed by atoms with Crippen LogP contribution in [0.25, 0.3) is 0 Å². The Bertz CT molecular complexity index is 643. The van der Waals surface area contributed by atoms with Gasteiger partial charge in [0.1, 0.15) is 5.75 Å². The van der Waals surface area contributed by atoms with Gasteiger partial charge in [-0.15, -0.1) is 0 Å². The Kier molecular flexibility index (Phi) is 3.88. The molecule has 114 valence electrons. The Balaban J connectivity index is 1.65. The molecule has 2 atom stereocenters. The number of thioether (sulfide) groups is 1. The van der Waals surface area contributed by atoms with Crippen molar-refractivity contribution in [3.8, 4) is 5.75 Å². The quantitative estimate of drug-likeness (QED) is 0.905. The van der Waals surface area contributed by atoms with Crippen LogP contribution in [0.15, 0.2) is 24.3 Å². The molecule has 0 radical (unpaired) electrons. The summed E-state index contributed by atoms with van der Waals surface area (Å²) >= 11 is 1.40. The van der Waals surface area contributed by atoms with E-state index in [0.717, 1.165) is 17.7 Å². The summed E-state index contributed by atoms with van der Waals surface area (Å²) in [5.74, 6) is 1.23. The highest BCUT2D eigenvalue weighted by Gasteiger charge is 2.47. The maximum Gasteiger partial charge on any atom is 0.157 e. The van der Waals surface area contributed by atoms with Crippen molar-refractivity contribution in [2.45, 2.75) is 17.7 Å². The summed E-state index contributed by atoms with van der Waals surface area (Å²) in [7, 11) is -1.29. The lowest BCUT2D eigenvalue weighted by atomic mass is 10.1. The highest BCUT2D eigenvalue weighted by atomic mass is 32.2. The second kappa shape index (κ2) is 5.53. The van der Waals surface area contributed by atoms with Crippen LogP contribution < -0.4 is 4.74 Å². The fourth-order valence-electron chi connectivity index (χ4n) is 2.87. The second-order valence-corrected chi connectivity index (χ2v) is 8.78. The van der Waals surface area contributed by atoms with Gasteiger partial charge >= 0.3 is 0 Å². The standard InChI is InChI=1S/C14H18N2O3S2/c1-19-11-4-2-10(3-5-11)6-7-16-12-8-21(17,18)9-13(12)20-14(16)15/h2-5,12-13,15H,6-9H2,1H3/t12-,13-/m0/s1. The van der Waals surface area contributed by atoms with E-state index in [9.17, 15) is 8.42 Å². The van der Waals surface area contributed by atoms with Gasteiger partial charge in [-0.25, -0.2) is 8.42 Å². The topological polar surface area (TPSA) is 70.5 Å². The van der Waals surface area contributed by atoms with Gasteiger partial charge in [0.15, 0.2) is 15.0 Å². The molecule has 2 aliphatic heterocycles. The van der Waals surface area contributed by atoms with Crippen molar-refractivity contribution in [2.75, 3.05) is 25.2 Å². The van der Waals surface area contributed by atoms with Crippen molar-refractivity contribution in [2.24, 2.45) is 0 Å². The van der Waals surface area contributed by atoms with E-state index in [0.29, 0.717) is 11.7 Å². The number of sulfone groups is 1. The van der Waals surface area contributed by atoms with Crippen molar-refractivity contribution in [3.05, 3.63) is 29.8 Å². The van der Waals surface area contributed by atoms with Crippen molar-refractivity contribution < 1.29 is 13.2 Å². The molecule has 1 aromatic rings. The average Bonchev–Trinajstić information content (AvgIpc) is 2.88. The van der Waals surface area contributed by atoms with Gasteiger partial charge < -0.3 is 9.64 Å². The number of nitrogens with one attached hydrogen (secondary N) is 1. The molecule has 1 N–H and O–H groups in total. The number of nitrogens with zero attached hydrogens (tertiary/aromatic N) is 1. The Hall–Kier alpha value is -1.21. The molecule has 0 amide bonds. The number of fused-ring (bicyclic) bond motifs is 1. The molecule has 0 aliphatic carbocycles. The van der Waals surface area contributed by atoms with Gasteiger partial charge in [0.25, 0.3) is 0 Å². The molecule has 0 aromatic heterocycles. The van der Waals surface area contributed by atoms with Gasteiger partial charge in [0.2, 0.25) is 0 Å². The molecule has 5 nitrogen and oxygen atoms in total. The van der Waals surface area contributed by atoms with E-state index in [2.05, 4.69) is 0 Å². The van der Waals surface area contributed by atoms with Crippen LogP contribution in [-0.2, 0) is 16.3 Å². The lowest BCUT2D eigenvalue weighted by Gasteiger charge is -2.23. The predicted molar refractivity (Wildman–Crippen MR) is 85.0 cm³/mol. The molecule has 0 spiro atoms. The van der Waals surface area contributed by atoms with E-state index in [1.54, 1.807) is 7.11 Å². The number of rotatable bonds is 4. The van der Waals surface area contributed by atoms with Crippen LogP contribution in [0.2, 0.25) is 0 Å². The summed E-state index contributed by atoms with van der Waals surface area (Å²) in [6.07, 6.45) is 0.802. The summed E-state index contributed by atoms with van der Waals surface area (Å²) in [5, 5.41) is 8.59. The van der Waals surface area contributed by atoms with E-state index in [4.69, 9.17) is 10.1 Å². The smallest absolute Gasteiger partial charge is 0.157 e. The lowest BCUT2D eigenvalue weighted by molar-refractivity contribution is 0.359. The number of amidine groups is 1. The van der Waals surface area contributed by atoms with E-state index in [1.807, 2.05) is 29.2 Å². The van der Waals surface area contributed by atoms with Crippen LogP contribution in [-0.4, -0.2) is 54.9 Å². The minimum Gasteiger partial charge on any atom is -0.497 e. The molecule has 21 heavy (non-hydrogen) atoms. The van der Waals surface area contributed by atoms with Crippen molar-refractivity contribution >= 4 is 26.8 Å². The number of methoxy groups -OCH3 is 1. The minimum absolute atomic E-state index is 0.0225. The summed E-state index contributed by atoms with van der Waals surface area (Å²) in [4.78, 5) is 1.95. The van der Waals surface area contributed by atoms with Crippen LogP contribution in [0.1, 0.15) is 5.56 Å². The first-order valence-corrected chi connectivity index (χ1v) is 9.54. The third kappa shape index (κ3) is 3.03. The van der Waals surface area contributed by atoms with Gasteiger partial charge in [0, 0.05) is 11.8 Å². The molecular formula is C14H18N2O3S2. The SMILES string of the molecule is COc1ccc(CCN2C(=N)S[C@H]3CS(=O)(=O)C[C@@H]32)cc1. The first-order chi connectivity index (χ1) is 9.98. The Morgan fingerprint density at radius 2 is 2.05 bits per heavy atom. The first kappa shape index (κ1) is 14.7. The number of hydrogen-bond donors (Lipinski definition) is 1. The van der Waals surface area contributed by atoms with E-state index in [-0.39, 0.29) is 22.8 Å². The highest BCUT2D eigenvalue weighted by Crippen LogP contribution is 2.37. The molecule has 0 bridgehead atoms. The molecule has 2 aliphatic rings. The fraction of sp³-hybridized carbons (Fsp3) is 0.500. The zero-order chi connectivity index (χ0) is 15.0. The van der Waals surface area contributed by atoms with Crippen molar-refractivity contribution in [1.29, 1.82) is 5.41 Å². The van der Waals surface area contributed by atoms with Crippen LogP contribution in [0.3, 0.4) is 0 Å². The molecule has 7 heteroatoms. The third-order valence-electron chi connectivity index (χ3n) is 4.00. The number of benzene rings is 1. The van der Waals surface area contributed by atoms with Gasteiger partial charge in [-0.1, -0.05) is 23.9 Å². The van der Waals surface area contributed by atoms with Crippen molar-refractivity contribution in [1.82, 2.24) is 4.90 Å². The second-order valence-electron chi connectivity index (χ2n) is 5.40. The minimum atomic E-state index is -2.93. The summed E-state index contributed by atoms with van der Waals surface area (Å²) < 4.78 is 28.6. The van der Waals surface area contributed by atoms with Crippen LogP contribution in [0.4, 0.5) is 0 Å². The first-order valence-electron chi connectivity index (χ1n) is 6.84. The van der Waals surface area contributed by atoms with Gasteiger partial charge in [-0.05, 0) is 24.1 Å². The molecule has 1 aromatic carbocycles. The third-order valence-corrected chi connectivity index (χ3v) is 7.17. The van der Waals surface area contributed by atoms with E-state index >= 15 is 0 Å². The van der Waals surface area contributed by atoms with Crippen molar-refractivity contribution in [3.63, 3.8) is 0 Å². The summed E-state index contributed by atoms with van der Waals surface area (Å²) in [6, 6.07) is 7.83. The Morgan fingerprint density at radius 3 is 2.71 bits per heavy atom.